The van der Waals surface area contributed by atoms with Gasteiger partial charge in [0.15, 0.2) is 13.1 Å². The van der Waals surface area contributed by atoms with Gasteiger partial charge in [0.25, 0.3) is 5.56 Å². The van der Waals surface area contributed by atoms with Gasteiger partial charge in [-0.2, -0.15) is 0 Å². The van der Waals surface area contributed by atoms with Crippen LogP contribution in [0.25, 0.3) is 0 Å². The molecule has 1 aromatic heterocycles. The molecule has 0 radical (unpaired) electrons. The van der Waals surface area contributed by atoms with Crippen LogP contribution in [0.3, 0.4) is 0 Å². The molecule has 0 spiro atoms. The molecule has 0 aromatic carbocycles. The molecule has 5 nitrogen and oxygen atoms in total. The summed E-state index contributed by atoms with van der Waals surface area (Å²) in [6.45, 7) is 16.4. The highest BCUT2D eigenvalue weighted by molar-refractivity contribution is 7.71. The monoisotopic (exact) mass is 358 g/mol. The number of rotatable bonds is 7. The molecule has 0 atom stereocenters. The summed E-state index contributed by atoms with van der Waals surface area (Å²) in [4.78, 5) is 14.5. The number of hydrogen-bond acceptors (Lipinski definition) is 4. The highest BCUT2D eigenvalue weighted by atomic mass is 32.1. The molecule has 0 aliphatic heterocycles. The van der Waals surface area contributed by atoms with E-state index in [0.717, 1.165) is 0 Å². The van der Waals surface area contributed by atoms with Crippen LogP contribution in [0.15, 0.2) is 11.0 Å². The number of H-pyrrole nitrogens is 1. The van der Waals surface area contributed by atoms with Crippen molar-refractivity contribution < 1.29 is 9.16 Å². The van der Waals surface area contributed by atoms with E-state index in [-0.39, 0.29) is 16.5 Å². The van der Waals surface area contributed by atoms with Crippen LogP contribution in [0, 0.1) is 4.77 Å². The second-order valence-corrected chi connectivity index (χ2v) is 12.8. The maximum atomic E-state index is 11.8. The van der Waals surface area contributed by atoms with Gasteiger partial charge >= 0.3 is 0 Å². The Kier molecular flexibility index (Phi) is 6.94. The molecule has 1 heterocycles. The fraction of sp³-hybridized carbons (Fsp3) is 0.750. The predicted molar refractivity (Wildman–Crippen MR) is 99.1 cm³/mol. The number of nitrogens with zero attached hydrogens (tertiary/aromatic N) is 1. The predicted octanol–water partition coefficient (Wildman–Crippen LogP) is 4.03. The molecule has 0 saturated heterocycles. The van der Waals surface area contributed by atoms with Crippen molar-refractivity contribution in [1.29, 1.82) is 0 Å². The fourth-order valence-electron chi connectivity index (χ4n) is 1.77. The summed E-state index contributed by atoms with van der Waals surface area (Å²) in [5, 5.41) is 0.195. The lowest BCUT2D eigenvalue weighted by Crippen LogP contribution is -2.41. The lowest BCUT2D eigenvalue weighted by Gasteiger charge is -2.36. The zero-order valence-corrected chi connectivity index (χ0v) is 17.2. The lowest BCUT2D eigenvalue weighted by atomic mass is 10.1. The van der Waals surface area contributed by atoms with Gasteiger partial charge in [0.1, 0.15) is 6.73 Å². The van der Waals surface area contributed by atoms with Crippen molar-refractivity contribution in [2.24, 2.45) is 0 Å². The zero-order valence-electron chi connectivity index (χ0n) is 15.4. The number of aromatic amines is 1. The molecule has 0 saturated carbocycles. The number of hydrogen-bond donors (Lipinski definition) is 1. The van der Waals surface area contributed by atoms with Crippen molar-refractivity contribution in [1.82, 2.24) is 9.55 Å². The van der Waals surface area contributed by atoms with Crippen LogP contribution in [0.1, 0.15) is 46.1 Å². The molecule has 23 heavy (non-hydrogen) atoms. The van der Waals surface area contributed by atoms with Crippen LogP contribution in [0.5, 0.6) is 0 Å². The van der Waals surface area contributed by atoms with E-state index < -0.39 is 8.32 Å². The third-order valence-corrected chi connectivity index (χ3v) is 9.26. The van der Waals surface area contributed by atoms with Gasteiger partial charge in [0.2, 0.25) is 0 Å². The van der Waals surface area contributed by atoms with Crippen LogP contribution in [0.4, 0.5) is 0 Å². The van der Waals surface area contributed by atoms with Crippen molar-refractivity contribution in [3.05, 3.63) is 26.9 Å². The van der Waals surface area contributed by atoms with Gasteiger partial charge < -0.3 is 13.7 Å². The summed E-state index contributed by atoms with van der Waals surface area (Å²) in [5.41, 5.74) is 0.585. The molecular formula is C16H30N2O3SSi. The molecule has 0 aliphatic rings. The largest absolute Gasteiger partial charge is 0.414 e. The van der Waals surface area contributed by atoms with Crippen LogP contribution in [-0.4, -0.2) is 31.1 Å². The normalized spacial score (nSPS) is 12.9. The van der Waals surface area contributed by atoms with Gasteiger partial charge in [-0.25, -0.2) is 0 Å². The Morgan fingerprint density at radius 2 is 1.91 bits per heavy atom. The topological polar surface area (TPSA) is 56.2 Å². The molecule has 132 valence electrons. The molecule has 0 aliphatic carbocycles. The van der Waals surface area contributed by atoms with Gasteiger partial charge in [0.05, 0.1) is 13.2 Å². The van der Waals surface area contributed by atoms with Gasteiger partial charge in [-0.15, -0.1) is 0 Å². The highest BCUT2D eigenvalue weighted by Crippen LogP contribution is 2.36. The Hall–Kier alpha value is -0.763. The van der Waals surface area contributed by atoms with E-state index >= 15 is 0 Å². The Labute approximate surface area is 145 Å². The second kappa shape index (κ2) is 7.87. The smallest absolute Gasteiger partial charge is 0.255 e. The molecule has 0 fully saturated rings. The van der Waals surface area contributed by atoms with Crippen molar-refractivity contribution >= 4 is 20.5 Å². The molecule has 0 unspecified atom stereocenters. The molecule has 1 N–H and O–H groups in total. The van der Waals surface area contributed by atoms with Crippen molar-refractivity contribution in [2.75, 3.05) is 13.2 Å². The van der Waals surface area contributed by atoms with E-state index in [4.69, 9.17) is 21.4 Å². The number of aromatic nitrogens is 2. The highest BCUT2D eigenvalue weighted by Gasteiger charge is 2.36. The first-order chi connectivity index (χ1) is 10.5. The first-order valence-corrected chi connectivity index (χ1v) is 11.3. The standard InChI is InChI=1S/C16H30N2O3SSi/c1-12(2)13-10-18(15(22)17-14(13)19)11-20-8-9-21-23(6,7)16(3,4)5/h10,12H,8-9,11H2,1-7H3,(H,17,19,22). The van der Waals surface area contributed by atoms with Gasteiger partial charge in [-0.1, -0.05) is 34.6 Å². The summed E-state index contributed by atoms with van der Waals surface area (Å²) in [6.07, 6.45) is 1.78. The Balaban J connectivity index is 2.56. The second-order valence-electron chi connectivity index (χ2n) is 7.61. The molecule has 7 heteroatoms. The average molecular weight is 359 g/mol. The van der Waals surface area contributed by atoms with E-state index in [1.165, 1.54) is 0 Å². The average Bonchev–Trinajstić information content (AvgIpc) is 2.38. The summed E-state index contributed by atoms with van der Waals surface area (Å²) in [6, 6.07) is 0. The van der Waals surface area contributed by atoms with Gasteiger partial charge in [-0.3, -0.25) is 9.78 Å². The maximum absolute atomic E-state index is 11.8. The summed E-state index contributed by atoms with van der Waals surface area (Å²) in [5.74, 6) is 0.141. The molecule has 0 bridgehead atoms. The van der Waals surface area contributed by atoms with Crippen molar-refractivity contribution in [3.8, 4) is 0 Å². The number of nitrogens with one attached hydrogen (secondary N) is 1. The van der Waals surface area contributed by atoms with E-state index in [1.54, 1.807) is 10.8 Å². The molecular weight excluding hydrogens is 328 g/mol. The molecule has 1 aromatic rings. The Bertz CT molecular complexity index is 629. The van der Waals surface area contributed by atoms with Crippen LogP contribution >= 0.6 is 12.2 Å². The van der Waals surface area contributed by atoms with E-state index in [0.29, 0.717) is 30.3 Å². The molecule has 1 rings (SSSR count). The summed E-state index contributed by atoms with van der Waals surface area (Å²) in [7, 11) is -1.73. The van der Waals surface area contributed by atoms with Gasteiger partial charge in [0, 0.05) is 11.8 Å². The Morgan fingerprint density at radius 1 is 1.30 bits per heavy atom. The minimum Gasteiger partial charge on any atom is -0.414 e. The van der Waals surface area contributed by atoms with E-state index in [9.17, 15) is 4.79 Å². The minimum atomic E-state index is -1.73. The van der Waals surface area contributed by atoms with Crippen LogP contribution in [0.2, 0.25) is 18.1 Å². The zero-order chi connectivity index (χ0) is 17.8. The Morgan fingerprint density at radius 3 is 2.43 bits per heavy atom. The number of ether oxygens (including phenoxy) is 1. The van der Waals surface area contributed by atoms with E-state index in [1.807, 2.05) is 13.8 Å². The minimum absolute atomic E-state index is 0.123. The maximum Gasteiger partial charge on any atom is 0.255 e. The summed E-state index contributed by atoms with van der Waals surface area (Å²) >= 11 is 5.17. The van der Waals surface area contributed by atoms with Crippen LogP contribution in [-0.2, 0) is 15.9 Å². The molecule has 0 amide bonds. The van der Waals surface area contributed by atoms with Crippen LogP contribution < -0.4 is 5.56 Å². The third kappa shape index (κ3) is 5.67. The third-order valence-electron chi connectivity index (χ3n) is 4.39. The lowest BCUT2D eigenvalue weighted by molar-refractivity contribution is 0.0490. The quantitative estimate of drug-likeness (QED) is 0.454. The first kappa shape index (κ1) is 20.3. The van der Waals surface area contributed by atoms with Gasteiger partial charge in [-0.05, 0) is 36.3 Å². The first-order valence-electron chi connectivity index (χ1n) is 8.01. The van der Waals surface area contributed by atoms with E-state index in [2.05, 4.69) is 38.8 Å². The SMILES string of the molecule is CC(C)c1cn(COCCO[Si](C)(C)C(C)(C)C)c(=S)[nH]c1=O. The fourth-order valence-corrected chi connectivity index (χ4v) is 2.99. The summed E-state index contributed by atoms with van der Waals surface area (Å²) < 4.78 is 13.8. The van der Waals surface area contributed by atoms with Crippen molar-refractivity contribution in [2.45, 2.75) is 65.4 Å². The van der Waals surface area contributed by atoms with Crippen molar-refractivity contribution in [3.63, 3.8) is 0 Å².